The number of Topliss-reactive ketones (excluding diaryl/α,β-unsaturated/α-hetero) is 1. The summed E-state index contributed by atoms with van der Waals surface area (Å²) in [6.07, 6.45) is 0.922. The predicted octanol–water partition coefficient (Wildman–Crippen LogP) is 1.27. The maximum Gasteiger partial charge on any atom is 0.180 e. The van der Waals surface area contributed by atoms with Crippen LogP contribution in [0.5, 0.6) is 0 Å². The smallest absolute Gasteiger partial charge is 0.180 e. The molecular weight excluding hydrogens is 314 g/mol. The molecule has 7 heteroatoms. The molecule has 2 saturated heterocycles. The molecule has 4 rings (SSSR count). The molecule has 2 unspecified atom stereocenters. The Labute approximate surface area is 137 Å². The largest absolute Gasteiger partial charge is 0.376 e. The van der Waals surface area contributed by atoms with Gasteiger partial charge in [0.05, 0.1) is 23.5 Å². The predicted molar refractivity (Wildman–Crippen MR) is 87.2 cm³/mol. The average Bonchev–Trinajstić information content (AvgIpc) is 3.05. The van der Waals surface area contributed by atoms with Gasteiger partial charge in [-0.2, -0.15) is 5.10 Å². The zero-order valence-corrected chi connectivity index (χ0v) is 13.4. The lowest BCUT2D eigenvalue weighted by atomic mass is 10.2. The van der Waals surface area contributed by atoms with Crippen LogP contribution in [0.1, 0.15) is 23.8 Å². The van der Waals surface area contributed by atoms with Crippen LogP contribution >= 0.6 is 11.8 Å². The summed E-state index contributed by atoms with van der Waals surface area (Å²) >= 11 is 1.78. The van der Waals surface area contributed by atoms with Gasteiger partial charge in [-0.1, -0.05) is 18.2 Å². The molecule has 0 bridgehead atoms. The molecular formula is C16H17N3O3S. The fourth-order valence-corrected chi connectivity index (χ4v) is 4.67. The van der Waals surface area contributed by atoms with Crippen LogP contribution in [0.25, 0.3) is 10.9 Å². The minimum atomic E-state index is -0.793. The van der Waals surface area contributed by atoms with Gasteiger partial charge in [-0.25, -0.2) is 0 Å². The zero-order chi connectivity index (χ0) is 16.1. The minimum absolute atomic E-state index is 0.0980. The summed E-state index contributed by atoms with van der Waals surface area (Å²) in [4.78, 5) is 24.9. The Morgan fingerprint density at radius 2 is 2.30 bits per heavy atom. The van der Waals surface area contributed by atoms with Crippen molar-refractivity contribution < 1.29 is 14.7 Å². The van der Waals surface area contributed by atoms with E-state index >= 15 is 0 Å². The summed E-state index contributed by atoms with van der Waals surface area (Å²) < 4.78 is 1.67. The van der Waals surface area contributed by atoms with Gasteiger partial charge in [0.2, 0.25) is 0 Å². The molecule has 2 fully saturated rings. The Kier molecular flexibility index (Phi) is 3.51. The van der Waals surface area contributed by atoms with Gasteiger partial charge in [0.1, 0.15) is 18.2 Å². The van der Waals surface area contributed by atoms with Crippen LogP contribution in [0.2, 0.25) is 0 Å². The van der Waals surface area contributed by atoms with Crippen molar-refractivity contribution in [3.8, 4) is 0 Å². The van der Waals surface area contributed by atoms with Crippen molar-refractivity contribution in [1.29, 1.82) is 0 Å². The fraction of sp³-hybridized carbons (Fsp3) is 0.438. The van der Waals surface area contributed by atoms with Gasteiger partial charge in [-0.15, -0.1) is 11.8 Å². The second kappa shape index (κ2) is 5.43. The number of nitrogens with zero attached hydrogens (tertiary/aromatic N) is 3. The Morgan fingerprint density at radius 3 is 3.04 bits per heavy atom. The number of ketones is 1. The summed E-state index contributed by atoms with van der Waals surface area (Å²) in [6, 6.07) is 7.27. The molecule has 23 heavy (non-hydrogen) atoms. The van der Waals surface area contributed by atoms with E-state index in [-0.39, 0.29) is 23.7 Å². The number of rotatable bonds is 5. The number of aldehydes is 1. The van der Waals surface area contributed by atoms with E-state index in [1.54, 1.807) is 16.4 Å². The Balaban J connectivity index is 1.65. The lowest BCUT2D eigenvalue weighted by Gasteiger charge is -2.28. The number of para-hydroxylation sites is 1. The number of carbonyl (C=O) groups is 2. The molecule has 2 aliphatic heterocycles. The fourth-order valence-electron chi connectivity index (χ4n) is 3.41. The topological polar surface area (TPSA) is 75.4 Å². The first-order valence-electron chi connectivity index (χ1n) is 7.63. The van der Waals surface area contributed by atoms with Crippen LogP contribution in [0.3, 0.4) is 0 Å². The molecule has 0 radical (unpaired) electrons. The van der Waals surface area contributed by atoms with E-state index < -0.39 is 6.23 Å². The summed E-state index contributed by atoms with van der Waals surface area (Å²) in [7, 11) is 0. The molecule has 6 nitrogen and oxygen atoms in total. The van der Waals surface area contributed by atoms with E-state index in [2.05, 4.69) is 5.10 Å². The second-order valence-electron chi connectivity index (χ2n) is 6.04. The van der Waals surface area contributed by atoms with Gasteiger partial charge in [0.25, 0.3) is 0 Å². The van der Waals surface area contributed by atoms with Crippen molar-refractivity contribution in [2.75, 3.05) is 0 Å². The number of benzene rings is 1. The maximum atomic E-state index is 11.8. The zero-order valence-electron chi connectivity index (χ0n) is 12.6. The third kappa shape index (κ3) is 2.39. The summed E-state index contributed by atoms with van der Waals surface area (Å²) in [5, 5.41) is 16.5. The van der Waals surface area contributed by atoms with Crippen molar-refractivity contribution in [1.82, 2.24) is 14.7 Å². The van der Waals surface area contributed by atoms with Crippen LogP contribution < -0.4 is 0 Å². The molecule has 0 amide bonds. The number of thioether (sulfide) groups is 1. The van der Waals surface area contributed by atoms with E-state index in [0.29, 0.717) is 10.9 Å². The highest BCUT2D eigenvalue weighted by molar-refractivity contribution is 8.07. The molecule has 1 aromatic heterocycles. The lowest BCUT2D eigenvalue weighted by Crippen LogP contribution is -2.44. The normalized spacial score (nSPS) is 27.8. The first-order valence-corrected chi connectivity index (χ1v) is 8.57. The second-order valence-corrected chi connectivity index (χ2v) is 7.40. The van der Waals surface area contributed by atoms with Gasteiger partial charge in [0.15, 0.2) is 5.78 Å². The number of hydrogen-bond acceptors (Lipinski definition) is 6. The number of carbonyl (C=O) groups excluding carboxylic acids is 2. The van der Waals surface area contributed by atoms with E-state index in [1.165, 1.54) is 6.92 Å². The van der Waals surface area contributed by atoms with Crippen LogP contribution in [0, 0.1) is 0 Å². The highest BCUT2D eigenvalue weighted by Gasteiger charge is 2.55. The maximum absolute atomic E-state index is 11.8. The summed E-state index contributed by atoms with van der Waals surface area (Å²) in [6.45, 7) is 1.73. The first kappa shape index (κ1) is 14.9. The Hall–Kier alpha value is -1.70. The molecule has 1 N–H and O–H groups in total. The van der Waals surface area contributed by atoms with E-state index in [0.717, 1.165) is 23.6 Å². The third-order valence-electron chi connectivity index (χ3n) is 4.54. The molecule has 120 valence electrons. The van der Waals surface area contributed by atoms with E-state index in [9.17, 15) is 14.7 Å². The Morgan fingerprint density at radius 1 is 1.52 bits per heavy atom. The number of fused-ring (bicyclic) bond motifs is 2. The highest BCUT2D eigenvalue weighted by atomic mass is 32.2. The van der Waals surface area contributed by atoms with Crippen molar-refractivity contribution in [2.45, 2.75) is 42.8 Å². The van der Waals surface area contributed by atoms with Gasteiger partial charge < -0.3 is 9.90 Å². The highest BCUT2D eigenvalue weighted by Crippen LogP contribution is 2.53. The number of aliphatic hydroxyl groups excluding tert-OH is 1. The molecule has 0 saturated carbocycles. The van der Waals surface area contributed by atoms with Crippen molar-refractivity contribution in [2.24, 2.45) is 0 Å². The number of hydrogen-bond donors (Lipinski definition) is 1. The van der Waals surface area contributed by atoms with E-state index in [4.69, 9.17) is 0 Å². The van der Waals surface area contributed by atoms with Gasteiger partial charge in [0, 0.05) is 17.6 Å². The number of aliphatic hydroxyl groups is 1. The van der Waals surface area contributed by atoms with Crippen LogP contribution in [0.15, 0.2) is 24.3 Å². The first-order chi connectivity index (χ1) is 11.1. The Bertz CT molecular complexity index is 790. The summed E-state index contributed by atoms with van der Waals surface area (Å²) in [5.41, 5.74) is 1.23. The average molecular weight is 331 g/mol. The van der Waals surface area contributed by atoms with Crippen molar-refractivity contribution >= 4 is 34.7 Å². The molecule has 2 aliphatic rings. The third-order valence-corrected chi connectivity index (χ3v) is 5.87. The lowest BCUT2D eigenvalue weighted by molar-refractivity contribution is -0.116. The number of aromatic nitrogens is 2. The van der Waals surface area contributed by atoms with Crippen LogP contribution in [-0.4, -0.2) is 54.7 Å². The van der Waals surface area contributed by atoms with Gasteiger partial charge in [-0.05, 0) is 12.5 Å². The molecule has 2 aromatic rings. The van der Waals surface area contributed by atoms with Crippen LogP contribution in [0.4, 0.5) is 0 Å². The molecule has 4 atom stereocenters. The molecule has 0 spiro atoms. The van der Waals surface area contributed by atoms with Gasteiger partial charge in [-0.3, -0.25) is 14.4 Å². The standard InChI is InChI=1S/C16H17N3O3S/c1-9(21)15-11-4-2-3-5-12(11)18(17-15)7-14(22)19-10(8-20)6-13-16(19)23-13/h2-5,8,10,13-14,16,22H,6-7H2,1H3/t10?,13-,14?,16-/m1/s1. The number of likely N-dealkylation sites (tertiary alicyclic amines) is 1. The van der Waals surface area contributed by atoms with E-state index in [1.807, 2.05) is 29.2 Å². The molecule has 3 heterocycles. The molecule has 0 aliphatic carbocycles. The molecule has 1 aromatic carbocycles. The van der Waals surface area contributed by atoms with Crippen molar-refractivity contribution in [3.63, 3.8) is 0 Å². The quantitative estimate of drug-likeness (QED) is 0.505. The minimum Gasteiger partial charge on any atom is -0.376 e. The van der Waals surface area contributed by atoms with Crippen LogP contribution in [-0.2, 0) is 11.3 Å². The van der Waals surface area contributed by atoms with Gasteiger partial charge >= 0.3 is 0 Å². The SMILES string of the molecule is CC(=O)c1nn(CC(O)N2C(C=O)C[C@H]3S[C@H]32)c2ccccc12. The monoisotopic (exact) mass is 331 g/mol. The van der Waals surface area contributed by atoms with Crippen molar-refractivity contribution in [3.05, 3.63) is 30.0 Å². The summed E-state index contributed by atoms with van der Waals surface area (Å²) in [5.74, 6) is -0.0980.